The summed E-state index contributed by atoms with van der Waals surface area (Å²) in [6.07, 6.45) is 1.72. The van der Waals surface area contributed by atoms with Crippen molar-refractivity contribution in [1.82, 2.24) is 24.8 Å². The largest absolute Gasteiger partial charge is 0.355 e. The fourth-order valence-electron chi connectivity index (χ4n) is 3.65. The van der Waals surface area contributed by atoms with Crippen LogP contribution >= 0.6 is 0 Å². The summed E-state index contributed by atoms with van der Waals surface area (Å²) in [5.74, 6) is 1.18. The van der Waals surface area contributed by atoms with Gasteiger partial charge >= 0.3 is 0 Å². The molecular formula is C19H30N6O. The first-order valence-corrected chi connectivity index (χ1v) is 9.69. The summed E-state index contributed by atoms with van der Waals surface area (Å²) in [5.41, 5.74) is 2.00. The molecule has 1 aliphatic rings. The zero-order valence-corrected chi connectivity index (χ0v) is 16.1. The van der Waals surface area contributed by atoms with E-state index in [0.29, 0.717) is 0 Å². The van der Waals surface area contributed by atoms with Gasteiger partial charge in [0.15, 0.2) is 5.65 Å². The average Bonchev–Trinajstić information content (AvgIpc) is 3.11. The molecule has 1 N–H and O–H groups in total. The van der Waals surface area contributed by atoms with Crippen LogP contribution in [0, 0.1) is 12.8 Å². The molecule has 3 heterocycles. The summed E-state index contributed by atoms with van der Waals surface area (Å²) in [4.78, 5) is 17.0. The van der Waals surface area contributed by atoms with E-state index >= 15 is 0 Å². The zero-order valence-electron chi connectivity index (χ0n) is 16.1. The number of fused-ring (bicyclic) bond motifs is 1. The molecule has 1 fully saturated rings. The van der Waals surface area contributed by atoms with Crippen molar-refractivity contribution in [3.63, 3.8) is 0 Å². The molecule has 0 bridgehead atoms. The van der Waals surface area contributed by atoms with Gasteiger partial charge in [0.05, 0.1) is 0 Å². The number of aromatic nitrogens is 3. The first kappa shape index (κ1) is 18.6. The fourth-order valence-corrected chi connectivity index (χ4v) is 3.65. The summed E-state index contributed by atoms with van der Waals surface area (Å²) in [6, 6.07) is 6.04. The normalized spacial score (nSPS) is 15.8. The second-order valence-electron chi connectivity index (χ2n) is 6.94. The maximum atomic E-state index is 12.4. The van der Waals surface area contributed by atoms with Gasteiger partial charge in [-0.15, -0.1) is 10.2 Å². The van der Waals surface area contributed by atoms with Crippen molar-refractivity contribution in [1.29, 1.82) is 0 Å². The van der Waals surface area contributed by atoms with Crippen LogP contribution in [-0.4, -0.2) is 64.7 Å². The minimum Gasteiger partial charge on any atom is -0.355 e. The average molecular weight is 358 g/mol. The van der Waals surface area contributed by atoms with Crippen LogP contribution in [0.2, 0.25) is 0 Å². The summed E-state index contributed by atoms with van der Waals surface area (Å²) in [7, 11) is 0. The van der Waals surface area contributed by atoms with Crippen LogP contribution in [-0.2, 0) is 4.79 Å². The zero-order chi connectivity index (χ0) is 18.5. The van der Waals surface area contributed by atoms with E-state index in [-0.39, 0.29) is 11.8 Å². The molecule has 0 atom stereocenters. The van der Waals surface area contributed by atoms with Crippen molar-refractivity contribution in [3.05, 3.63) is 23.9 Å². The molecular weight excluding hydrogens is 328 g/mol. The molecule has 0 spiro atoms. The van der Waals surface area contributed by atoms with Crippen molar-refractivity contribution < 1.29 is 4.79 Å². The molecule has 0 saturated carbocycles. The van der Waals surface area contributed by atoms with E-state index in [4.69, 9.17) is 0 Å². The highest BCUT2D eigenvalue weighted by Gasteiger charge is 2.27. The molecule has 7 nitrogen and oxygen atoms in total. The predicted molar refractivity (Wildman–Crippen MR) is 103 cm³/mol. The molecule has 0 aliphatic carbocycles. The van der Waals surface area contributed by atoms with Crippen molar-refractivity contribution >= 4 is 17.5 Å². The third-order valence-electron chi connectivity index (χ3n) is 5.38. The van der Waals surface area contributed by atoms with Crippen LogP contribution in [0.3, 0.4) is 0 Å². The summed E-state index contributed by atoms with van der Waals surface area (Å²) >= 11 is 0. The maximum Gasteiger partial charge on any atom is 0.231 e. The van der Waals surface area contributed by atoms with Gasteiger partial charge in [-0.2, -0.15) is 0 Å². The van der Waals surface area contributed by atoms with Gasteiger partial charge in [-0.05, 0) is 45.0 Å². The van der Waals surface area contributed by atoms with Gasteiger partial charge in [0, 0.05) is 37.8 Å². The highest BCUT2D eigenvalue weighted by atomic mass is 16.1. The molecule has 3 rings (SSSR count). The minimum absolute atomic E-state index is 0.100. The molecule has 2 aromatic rings. The molecule has 2 aromatic heterocycles. The molecule has 1 saturated heterocycles. The lowest BCUT2D eigenvalue weighted by molar-refractivity contribution is -0.125. The lowest BCUT2D eigenvalue weighted by Crippen LogP contribution is -2.43. The number of anilines is 1. The number of aryl methyl sites for hydroxylation is 1. The van der Waals surface area contributed by atoms with Crippen LogP contribution in [0.4, 0.5) is 5.95 Å². The van der Waals surface area contributed by atoms with Crippen LogP contribution in [0.25, 0.3) is 5.65 Å². The predicted octanol–water partition coefficient (Wildman–Crippen LogP) is 1.71. The first-order valence-electron chi connectivity index (χ1n) is 9.69. The smallest absolute Gasteiger partial charge is 0.231 e. The number of hydrogen-bond acceptors (Lipinski definition) is 5. The highest BCUT2D eigenvalue weighted by molar-refractivity contribution is 5.78. The Balaban J connectivity index is 1.53. The van der Waals surface area contributed by atoms with E-state index in [1.54, 1.807) is 0 Å². The van der Waals surface area contributed by atoms with Crippen molar-refractivity contribution in [2.75, 3.05) is 44.2 Å². The number of rotatable bonds is 7. The molecule has 7 heteroatoms. The van der Waals surface area contributed by atoms with Gasteiger partial charge in [0.1, 0.15) is 0 Å². The minimum atomic E-state index is 0.100. The Kier molecular flexibility index (Phi) is 6.08. The molecule has 142 valence electrons. The number of pyridine rings is 1. The number of carbonyl (C=O) groups excluding carboxylic acids is 1. The Morgan fingerprint density at radius 1 is 1.23 bits per heavy atom. The summed E-state index contributed by atoms with van der Waals surface area (Å²) in [5, 5.41) is 11.7. The number of nitrogens with one attached hydrogen (secondary N) is 1. The molecule has 1 aliphatic heterocycles. The Morgan fingerprint density at radius 2 is 1.96 bits per heavy atom. The fraction of sp³-hybridized carbons (Fsp3) is 0.632. The van der Waals surface area contributed by atoms with E-state index in [2.05, 4.69) is 56.6 Å². The quantitative estimate of drug-likeness (QED) is 0.816. The van der Waals surface area contributed by atoms with E-state index in [1.807, 2.05) is 12.1 Å². The molecule has 0 aromatic carbocycles. The van der Waals surface area contributed by atoms with Gasteiger partial charge in [-0.3, -0.25) is 9.20 Å². The second-order valence-corrected chi connectivity index (χ2v) is 6.94. The van der Waals surface area contributed by atoms with Crippen LogP contribution in [0.15, 0.2) is 18.2 Å². The van der Waals surface area contributed by atoms with Crippen LogP contribution < -0.4 is 10.2 Å². The summed E-state index contributed by atoms with van der Waals surface area (Å²) < 4.78 is 2.09. The Morgan fingerprint density at radius 3 is 2.65 bits per heavy atom. The first-order chi connectivity index (χ1) is 12.6. The second kappa shape index (κ2) is 8.49. The van der Waals surface area contributed by atoms with Gasteiger partial charge in [0.2, 0.25) is 11.9 Å². The van der Waals surface area contributed by atoms with Gasteiger partial charge < -0.3 is 15.1 Å². The van der Waals surface area contributed by atoms with E-state index < -0.39 is 0 Å². The highest BCUT2D eigenvalue weighted by Crippen LogP contribution is 2.23. The number of hydrogen-bond donors (Lipinski definition) is 1. The number of piperidine rings is 1. The maximum absolute atomic E-state index is 12.4. The Labute approximate surface area is 155 Å². The molecule has 0 radical (unpaired) electrons. The Bertz CT molecular complexity index is 731. The van der Waals surface area contributed by atoms with Crippen molar-refractivity contribution in [2.24, 2.45) is 5.92 Å². The van der Waals surface area contributed by atoms with Gasteiger partial charge in [-0.1, -0.05) is 19.9 Å². The molecule has 26 heavy (non-hydrogen) atoms. The van der Waals surface area contributed by atoms with E-state index in [1.165, 1.54) is 0 Å². The lowest BCUT2D eigenvalue weighted by atomic mass is 9.96. The van der Waals surface area contributed by atoms with E-state index in [9.17, 15) is 4.79 Å². The van der Waals surface area contributed by atoms with Crippen molar-refractivity contribution in [3.8, 4) is 0 Å². The Hall–Kier alpha value is -2.15. The number of amides is 1. The topological polar surface area (TPSA) is 65.8 Å². The number of nitrogens with zero attached hydrogens (tertiary/aromatic N) is 5. The number of likely N-dealkylation sites (N-methyl/N-ethyl adjacent to an activating group) is 1. The van der Waals surface area contributed by atoms with Crippen LogP contribution in [0.5, 0.6) is 0 Å². The SMILES string of the molecule is CCN(CC)CCNC(=O)C1CCN(c2nnc3cccc(C)n23)CC1. The molecule has 0 unspecified atom stereocenters. The van der Waals surface area contributed by atoms with E-state index in [0.717, 1.165) is 69.4 Å². The third-order valence-corrected chi connectivity index (χ3v) is 5.38. The standard InChI is InChI=1S/C19H30N6O/c1-4-23(5-2)14-11-20-18(26)16-9-12-24(13-10-16)19-22-21-17-8-6-7-15(3)25(17)19/h6-8,16H,4-5,9-14H2,1-3H3,(H,20,26). The van der Waals surface area contributed by atoms with Gasteiger partial charge in [-0.25, -0.2) is 0 Å². The number of carbonyl (C=O) groups is 1. The van der Waals surface area contributed by atoms with Crippen LogP contribution in [0.1, 0.15) is 32.4 Å². The summed E-state index contributed by atoms with van der Waals surface area (Å²) in [6.45, 7) is 11.7. The lowest BCUT2D eigenvalue weighted by Gasteiger charge is -2.31. The molecule has 1 amide bonds. The van der Waals surface area contributed by atoms with Gasteiger partial charge in [0.25, 0.3) is 0 Å². The van der Waals surface area contributed by atoms with Crippen molar-refractivity contribution in [2.45, 2.75) is 33.6 Å². The monoisotopic (exact) mass is 358 g/mol. The third kappa shape index (κ3) is 3.98.